The van der Waals surface area contributed by atoms with Crippen LogP contribution in [0.1, 0.15) is 28.2 Å². The van der Waals surface area contributed by atoms with Gasteiger partial charge in [0, 0.05) is 18.8 Å². The van der Waals surface area contributed by atoms with Crippen LogP contribution in [0.3, 0.4) is 0 Å². The third kappa shape index (κ3) is 4.63. The number of benzene rings is 2. The number of aromatic amines is 1. The van der Waals surface area contributed by atoms with Crippen LogP contribution in [0.4, 0.5) is 8.78 Å². The fraction of sp³-hybridized carbons (Fsp3) is 0.130. The molecule has 1 N–H and O–H groups in total. The molecule has 0 aliphatic carbocycles. The molecule has 0 fully saturated rings. The Kier molecular flexibility index (Phi) is 5.79. The van der Waals surface area contributed by atoms with Crippen molar-refractivity contribution in [3.8, 4) is 5.75 Å². The van der Waals surface area contributed by atoms with Crippen LogP contribution in [-0.4, -0.2) is 20.7 Å². The van der Waals surface area contributed by atoms with Crippen molar-refractivity contribution in [3.05, 3.63) is 99.9 Å². The Morgan fingerprint density at radius 2 is 1.71 bits per heavy atom. The molecule has 156 valence electrons. The molecule has 0 radical (unpaired) electrons. The van der Waals surface area contributed by atoms with E-state index in [1.54, 1.807) is 24.5 Å². The molecular formula is C23H17F2N3O3. The summed E-state index contributed by atoms with van der Waals surface area (Å²) in [5, 5.41) is -0.0900. The summed E-state index contributed by atoms with van der Waals surface area (Å²) in [6, 6.07) is 11.6. The van der Waals surface area contributed by atoms with Gasteiger partial charge in [-0.3, -0.25) is 14.6 Å². The smallest absolute Gasteiger partial charge is 0.263 e. The largest absolute Gasteiger partial charge is 0.485 e. The number of carbonyl (C=O) groups is 1. The molecular weight excluding hydrogens is 404 g/mol. The van der Waals surface area contributed by atoms with Crippen LogP contribution in [0.25, 0.3) is 10.9 Å². The molecule has 0 saturated heterocycles. The van der Waals surface area contributed by atoms with E-state index in [-0.39, 0.29) is 41.3 Å². The maximum atomic E-state index is 14.4. The number of halogens is 2. The molecule has 0 spiro atoms. The molecule has 0 atom stereocenters. The molecule has 6 nitrogen and oxygen atoms in total. The second-order valence-corrected chi connectivity index (χ2v) is 6.88. The first-order valence-electron chi connectivity index (χ1n) is 9.53. The minimum atomic E-state index is -0.737. The van der Waals surface area contributed by atoms with Gasteiger partial charge in [-0.1, -0.05) is 12.1 Å². The number of fused-ring (bicyclic) bond motifs is 1. The molecule has 31 heavy (non-hydrogen) atoms. The SMILES string of the molecule is O=C(CCc1ccncc1)c1nc2ccc(F)c(OCc3ccc(F)cc3)c2c(=O)[nH]1. The number of carbonyl (C=O) groups excluding carboxylic acids is 1. The lowest BCUT2D eigenvalue weighted by molar-refractivity contribution is 0.0973. The number of ketones is 1. The predicted molar refractivity (Wildman–Crippen MR) is 110 cm³/mol. The maximum Gasteiger partial charge on any atom is 0.263 e. The van der Waals surface area contributed by atoms with E-state index in [2.05, 4.69) is 15.0 Å². The van der Waals surface area contributed by atoms with Crippen LogP contribution in [0.15, 0.2) is 65.7 Å². The van der Waals surface area contributed by atoms with E-state index in [0.717, 1.165) is 11.6 Å². The molecule has 0 aliphatic heterocycles. The fourth-order valence-electron chi connectivity index (χ4n) is 3.11. The van der Waals surface area contributed by atoms with Crippen molar-refractivity contribution in [3.63, 3.8) is 0 Å². The zero-order valence-corrected chi connectivity index (χ0v) is 16.3. The number of hydrogen-bond acceptors (Lipinski definition) is 5. The summed E-state index contributed by atoms with van der Waals surface area (Å²) >= 11 is 0. The Morgan fingerprint density at radius 1 is 0.968 bits per heavy atom. The molecule has 2 aromatic carbocycles. The van der Waals surface area contributed by atoms with Crippen LogP contribution in [0.5, 0.6) is 5.75 Å². The lowest BCUT2D eigenvalue weighted by atomic mass is 10.1. The minimum absolute atomic E-state index is 0.0671. The van der Waals surface area contributed by atoms with Crippen LogP contribution >= 0.6 is 0 Å². The second kappa shape index (κ2) is 8.83. The van der Waals surface area contributed by atoms with Crippen LogP contribution in [0, 0.1) is 11.6 Å². The number of rotatable bonds is 7. The van der Waals surface area contributed by atoms with Crippen molar-refractivity contribution >= 4 is 16.7 Å². The van der Waals surface area contributed by atoms with E-state index >= 15 is 0 Å². The quantitative estimate of drug-likeness (QED) is 0.456. The van der Waals surface area contributed by atoms with Gasteiger partial charge in [0.25, 0.3) is 5.56 Å². The first kappa shape index (κ1) is 20.3. The molecule has 4 aromatic rings. The molecule has 0 amide bonds. The van der Waals surface area contributed by atoms with Crippen molar-refractivity contribution in [1.82, 2.24) is 15.0 Å². The Morgan fingerprint density at radius 3 is 2.45 bits per heavy atom. The molecule has 2 aromatic heterocycles. The summed E-state index contributed by atoms with van der Waals surface area (Å²) < 4.78 is 33.0. The first-order valence-corrected chi connectivity index (χ1v) is 9.53. The zero-order valence-electron chi connectivity index (χ0n) is 16.3. The number of H-pyrrole nitrogens is 1. The van der Waals surface area contributed by atoms with Gasteiger partial charge in [-0.15, -0.1) is 0 Å². The lowest BCUT2D eigenvalue weighted by Crippen LogP contribution is -2.17. The van der Waals surface area contributed by atoms with Gasteiger partial charge >= 0.3 is 0 Å². The number of nitrogens with one attached hydrogen (secondary N) is 1. The second-order valence-electron chi connectivity index (χ2n) is 6.88. The standard InChI is InChI=1S/C23H17F2N3O3/c24-16-4-1-15(2-5-16)13-31-21-17(25)6-7-18-20(21)23(30)28-22(27-18)19(29)8-3-14-9-11-26-12-10-14/h1-2,4-7,9-12H,3,8,13H2,(H,27,28,30). The Balaban J connectivity index is 1.59. The van der Waals surface area contributed by atoms with E-state index in [0.29, 0.717) is 12.0 Å². The maximum absolute atomic E-state index is 14.4. The topological polar surface area (TPSA) is 84.9 Å². The summed E-state index contributed by atoms with van der Waals surface area (Å²) in [6.07, 6.45) is 3.89. The zero-order chi connectivity index (χ0) is 21.8. The summed E-state index contributed by atoms with van der Waals surface area (Å²) in [5.41, 5.74) is 1.01. The number of Topliss-reactive ketones (excluding diaryl/α,β-unsaturated/α-hetero) is 1. The third-order valence-corrected chi connectivity index (χ3v) is 4.73. The average molecular weight is 421 g/mol. The van der Waals surface area contributed by atoms with Gasteiger partial charge in [0.1, 0.15) is 17.8 Å². The molecule has 8 heteroatoms. The van der Waals surface area contributed by atoms with Gasteiger partial charge in [-0.2, -0.15) is 0 Å². The lowest BCUT2D eigenvalue weighted by Gasteiger charge is -2.10. The predicted octanol–water partition coefficient (Wildman–Crippen LogP) is 3.99. The van der Waals surface area contributed by atoms with Gasteiger partial charge in [-0.05, 0) is 53.9 Å². The van der Waals surface area contributed by atoms with Crippen LogP contribution in [-0.2, 0) is 13.0 Å². The van der Waals surface area contributed by atoms with E-state index in [1.165, 1.54) is 30.3 Å². The summed E-state index contributed by atoms with van der Waals surface area (Å²) in [7, 11) is 0. The van der Waals surface area contributed by atoms with Crippen molar-refractivity contribution in [2.75, 3.05) is 0 Å². The van der Waals surface area contributed by atoms with Crippen molar-refractivity contribution in [2.24, 2.45) is 0 Å². The van der Waals surface area contributed by atoms with Crippen LogP contribution < -0.4 is 10.3 Å². The number of aryl methyl sites for hydroxylation is 1. The average Bonchev–Trinajstić information content (AvgIpc) is 2.78. The Bertz CT molecular complexity index is 1290. The number of hydrogen-bond donors (Lipinski definition) is 1. The Labute approximate surface area is 175 Å². The minimum Gasteiger partial charge on any atom is -0.485 e. The number of ether oxygens (including phenoxy) is 1. The molecule has 0 aliphatic rings. The summed E-state index contributed by atoms with van der Waals surface area (Å²) in [6.45, 7) is -0.0671. The van der Waals surface area contributed by atoms with Crippen molar-refractivity contribution in [1.29, 1.82) is 0 Å². The van der Waals surface area contributed by atoms with Gasteiger partial charge in [0.15, 0.2) is 23.2 Å². The summed E-state index contributed by atoms with van der Waals surface area (Å²) in [4.78, 5) is 35.7. The highest BCUT2D eigenvalue weighted by molar-refractivity contribution is 5.95. The van der Waals surface area contributed by atoms with Gasteiger partial charge in [0.05, 0.1) is 5.52 Å². The molecule has 2 heterocycles. The van der Waals surface area contributed by atoms with Crippen LogP contribution in [0.2, 0.25) is 0 Å². The molecule has 0 unspecified atom stereocenters. The van der Waals surface area contributed by atoms with Gasteiger partial charge < -0.3 is 9.72 Å². The van der Waals surface area contributed by atoms with Gasteiger partial charge in [0.2, 0.25) is 0 Å². The number of aromatic nitrogens is 3. The molecule has 0 saturated carbocycles. The molecule has 4 rings (SSSR count). The normalized spacial score (nSPS) is 10.9. The van der Waals surface area contributed by atoms with E-state index in [9.17, 15) is 18.4 Å². The van der Waals surface area contributed by atoms with Crippen molar-refractivity contribution < 1.29 is 18.3 Å². The highest BCUT2D eigenvalue weighted by Gasteiger charge is 2.17. The monoisotopic (exact) mass is 421 g/mol. The highest BCUT2D eigenvalue weighted by atomic mass is 19.1. The van der Waals surface area contributed by atoms with E-state index in [4.69, 9.17) is 4.74 Å². The van der Waals surface area contributed by atoms with Gasteiger partial charge in [-0.25, -0.2) is 13.8 Å². The number of nitrogens with zero attached hydrogens (tertiary/aromatic N) is 2. The van der Waals surface area contributed by atoms with E-state index < -0.39 is 17.2 Å². The highest BCUT2D eigenvalue weighted by Crippen LogP contribution is 2.26. The third-order valence-electron chi connectivity index (χ3n) is 4.73. The van der Waals surface area contributed by atoms with Crippen molar-refractivity contribution in [2.45, 2.75) is 19.4 Å². The first-order chi connectivity index (χ1) is 15.0. The molecule has 0 bridgehead atoms. The summed E-state index contributed by atoms with van der Waals surface area (Å²) in [5.74, 6) is -1.84. The fourth-order valence-corrected chi connectivity index (χ4v) is 3.11. The van der Waals surface area contributed by atoms with E-state index in [1.807, 2.05) is 0 Å². The Hall–Kier alpha value is -3.94. The number of pyridine rings is 1.